The maximum atomic E-state index is 6.09. The molecule has 3 heterocycles. The van der Waals surface area contributed by atoms with E-state index in [-0.39, 0.29) is 20.1 Å². The number of fused-ring (bicyclic) bond motifs is 5. The molecule has 1 radical (unpaired) electrons. The molecule has 3 aromatic heterocycles. The van der Waals surface area contributed by atoms with Crippen molar-refractivity contribution in [3.8, 4) is 33.6 Å². The minimum absolute atomic E-state index is 0. The average molecular weight is 815 g/mol. The largest absolute Gasteiger partial charge is 0.456 e. The molecule has 4 heteroatoms. The molecule has 3 nitrogen and oxygen atoms in total. The SMILES string of the molecule is Cc1c(-c2ccccn2)[c-]ccc1-c1cccc2c1ccc1oc3ccccc3c12.Cc1c[c-]c(-c2ccc(CC(C)(C)C)cn2)cc1.[Ir]. The molecule has 0 aliphatic carbocycles. The Hall–Kier alpha value is -4.89. The van der Waals surface area contributed by atoms with Gasteiger partial charge in [0, 0.05) is 43.3 Å². The van der Waals surface area contributed by atoms with Crippen molar-refractivity contribution in [3.05, 3.63) is 156 Å². The van der Waals surface area contributed by atoms with Gasteiger partial charge in [-0.3, -0.25) is 0 Å². The second kappa shape index (κ2) is 14.3. The van der Waals surface area contributed by atoms with Crippen LogP contribution < -0.4 is 0 Å². The van der Waals surface area contributed by atoms with Crippen molar-refractivity contribution in [1.29, 1.82) is 0 Å². The van der Waals surface area contributed by atoms with E-state index in [0.29, 0.717) is 5.41 Å². The quantitative estimate of drug-likeness (QED) is 0.166. The number of rotatable bonds is 4. The molecular weight excluding hydrogens is 777 g/mol. The van der Waals surface area contributed by atoms with Crippen LogP contribution in [0.2, 0.25) is 0 Å². The van der Waals surface area contributed by atoms with Crippen molar-refractivity contribution in [1.82, 2.24) is 9.97 Å². The van der Waals surface area contributed by atoms with E-state index in [1.165, 1.54) is 44.0 Å². The van der Waals surface area contributed by atoms with Gasteiger partial charge in [0.1, 0.15) is 11.2 Å². The Morgan fingerprint density at radius 3 is 2.20 bits per heavy atom. The van der Waals surface area contributed by atoms with E-state index in [1.54, 1.807) is 0 Å². The number of aromatic nitrogens is 2. The van der Waals surface area contributed by atoms with Gasteiger partial charge in [-0.25, -0.2) is 0 Å². The fourth-order valence-electron chi connectivity index (χ4n) is 6.42. The van der Waals surface area contributed by atoms with Gasteiger partial charge in [0.15, 0.2) is 0 Å². The number of hydrogen-bond acceptors (Lipinski definition) is 3. The first-order valence-electron chi connectivity index (χ1n) is 16.4. The summed E-state index contributed by atoms with van der Waals surface area (Å²) < 4.78 is 6.09. The van der Waals surface area contributed by atoms with Gasteiger partial charge in [0.05, 0.1) is 0 Å². The molecule has 0 saturated carbocycles. The molecule has 0 fully saturated rings. The summed E-state index contributed by atoms with van der Waals surface area (Å²) in [5.74, 6) is 0. The van der Waals surface area contributed by atoms with Gasteiger partial charge in [-0.2, -0.15) is 0 Å². The van der Waals surface area contributed by atoms with Crippen molar-refractivity contribution in [2.75, 3.05) is 0 Å². The van der Waals surface area contributed by atoms with Crippen LogP contribution in [0.15, 0.2) is 132 Å². The van der Waals surface area contributed by atoms with E-state index in [9.17, 15) is 0 Å². The van der Waals surface area contributed by atoms with Crippen molar-refractivity contribution < 1.29 is 24.5 Å². The Bertz CT molecular complexity index is 2350. The zero-order chi connectivity index (χ0) is 33.3. The van der Waals surface area contributed by atoms with Gasteiger partial charge in [-0.15, -0.1) is 64.7 Å². The summed E-state index contributed by atoms with van der Waals surface area (Å²) in [6.45, 7) is 11.0. The van der Waals surface area contributed by atoms with Crippen molar-refractivity contribution in [2.24, 2.45) is 5.41 Å². The number of hydrogen-bond donors (Lipinski definition) is 0. The molecule has 0 saturated heterocycles. The molecule has 0 amide bonds. The van der Waals surface area contributed by atoms with Crippen LogP contribution in [0.1, 0.15) is 37.5 Å². The zero-order valence-electron chi connectivity index (χ0n) is 28.5. The van der Waals surface area contributed by atoms with Gasteiger partial charge >= 0.3 is 0 Å². The van der Waals surface area contributed by atoms with Crippen LogP contribution in [0.3, 0.4) is 0 Å². The summed E-state index contributed by atoms with van der Waals surface area (Å²) in [6, 6.07) is 46.2. The maximum Gasteiger partial charge on any atom is 0.136 e. The van der Waals surface area contributed by atoms with Crippen LogP contribution in [0.5, 0.6) is 0 Å². The monoisotopic (exact) mass is 815 g/mol. The molecule has 0 atom stereocenters. The van der Waals surface area contributed by atoms with Crippen LogP contribution in [0, 0.1) is 31.4 Å². The second-order valence-corrected chi connectivity index (χ2v) is 13.6. The molecule has 0 unspecified atom stereocenters. The predicted octanol–water partition coefficient (Wildman–Crippen LogP) is 12.0. The van der Waals surface area contributed by atoms with E-state index < -0.39 is 0 Å². The smallest absolute Gasteiger partial charge is 0.136 e. The van der Waals surface area contributed by atoms with E-state index in [0.717, 1.165) is 45.5 Å². The number of nitrogens with zero attached hydrogens (tertiary/aromatic N) is 2. The zero-order valence-corrected chi connectivity index (χ0v) is 30.9. The molecule has 0 bridgehead atoms. The number of benzene rings is 5. The Balaban J connectivity index is 0.000000189. The molecule has 0 N–H and O–H groups in total. The minimum Gasteiger partial charge on any atom is -0.456 e. The Kier molecular flexibility index (Phi) is 9.92. The van der Waals surface area contributed by atoms with Crippen LogP contribution in [0.4, 0.5) is 0 Å². The molecular formula is C45H38IrN2O-2. The minimum atomic E-state index is 0. The number of pyridine rings is 2. The van der Waals surface area contributed by atoms with Gasteiger partial charge in [-0.05, 0) is 63.3 Å². The molecule has 245 valence electrons. The number of para-hydroxylation sites is 1. The normalized spacial score (nSPS) is 11.3. The van der Waals surface area contributed by atoms with E-state index in [4.69, 9.17) is 4.42 Å². The first-order valence-corrected chi connectivity index (χ1v) is 16.4. The van der Waals surface area contributed by atoms with Gasteiger partial charge in [0.2, 0.25) is 0 Å². The third kappa shape index (κ3) is 7.27. The van der Waals surface area contributed by atoms with Crippen LogP contribution in [0.25, 0.3) is 66.4 Å². The Labute approximate surface area is 302 Å². The Morgan fingerprint density at radius 2 is 1.47 bits per heavy atom. The summed E-state index contributed by atoms with van der Waals surface area (Å²) in [7, 11) is 0. The van der Waals surface area contributed by atoms with Crippen molar-refractivity contribution in [3.63, 3.8) is 0 Å². The Morgan fingerprint density at radius 1 is 0.653 bits per heavy atom. The molecule has 5 aromatic carbocycles. The topological polar surface area (TPSA) is 38.9 Å². The summed E-state index contributed by atoms with van der Waals surface area (Å²) in [6.07, 6.45) is 4.86. The molecule has 49 heavy (non-hydrogen) atoms. The fourth-order valence-corrected chi connectivity index (χ4v) is 6.42. The van der Waals surface area contributed by atoms with Crippen LogP contribution >= 0.6 is 0 Å². The van der Waals surface area contributed by atoms with E-state index in [2.05, 4.69) is 130 Å². The first-order chi connectivity index (χ1) is 23.2. The average Bonchev–Trinajstić information content (AvgIpc) is 3.48. The van der Waals surface area contributed by atoms with Crippen molar-refractivity contribution >= 4 is 32.7 Å². The van der Waals surface area contributed by atoms with Crippen molar-refractivity contribution in [2.45, 2.75) is 41.0 Å². The molecule has 0 aliphatic rings. The summed E-state index contributed by atoms with van der Waals surface area (Å²) in [5.41, 5.74) is 12.3. The molecule has 0 aliphatic heterocycles. The summed E-state index contributed by atoms with van der Waals surface area (Å²) >= 11 is 0. The van der Waals surface area contributed by atoms with Gasteiger partial charge in [0.25, 0.3) is 0 Å². The van der Waals surface area contributed by atoms with Crippen LogP contribution in [-0.2, 0) is 26.5 Å². The first kappa shape index (κ1) is 34.0. The fraction of sp³-hybridized carbons (Fsp3) is 0.156. The van der Waals surface area contributed by atoms with Gasteiger partial charge in [-0.1, -0.05) is 107 Å². The predicted molar refractivity (Wildman–Crippen MR) is 200 cm³/mol. The van der Waals surface area contributed by atoms with Crippen LogP contribution in [-0.4, -0.2) is 9.97 Å². The molecule has 0 spiro atoms. The molecule has 8 rings (SSSR count). The molecule has 8 aromatic rings. The van der Waals surface area contributed by atoms with E-state index >= 15 is 0 Å². The maximum absolute atomic E-state index is 6.09. The van der Waals surface area contributed by atoms with E-state index in [1.807, 2.05) is 54.9 Å². The standard InChI is InChI=1S/C28H18NO.C17H20N.Ir/c1-18-19(9-6-10-20(18)25-13-4-5-17-29-25)21-11-7-12-23-22(21)15-16-27-28(23)24-8-2-3-14-26(24)30-27;1-13-5-8-15(9-6-13)16-10-7-14(12-18-16)11-17(2,3)4;/h2-9,11-17H,1H3;5-8,10,12H,11H2,1-4H3;/q2*-1;. The summed E-state index contributed by atoms with van der Waals surface area (Å²) in [5, 5.41) is 4.76. The summed E-state index contributed by atoms with van der Waals surface area (Å²) in [4.78, 5) is 9.06. The van der Waals surface area contributed by atoms with Gasteiger partial charge < -0.3 is 14.4 Å². The number of aryl methyl sites for hydroxylation is 1. The number of furan rings is 1. The second-order valence-electron chi connectivity index (χ2n) is 13.6. The third-order valence-electron chi connectivity index (χ3n) is 8.67. The third-order valence-corrected chi connectivity index (χ3v) is 8.67.